The Morgan fingerprint density at radius 2 is 2.00 bits per heavy atom. The Labute approximate surface area is 128 Å². The van der Waals surface area contributed by atoms with Crippen LogP contribution in [0.3, 0.4) is 0 Å². The van der Waals surface area contributed by atoms with E-state index in [4.69, 9.17) is 0 Å². The van der Waals surface area contributed by atoms with E-state index in [1.807, 2.05) is 13.8 Å². The topological polar surface area (TPSA) is 57.6 Å². The van der Waals surface area contributed by atoms with Gasteiger partial charge in [-0.2, -0.15) is 4.31 Å². The zero-order valence-electron chi connectivity index (χ0n) is 11.0. The Hall–Kier alpha value is -0.180. The molecule has 1 aromatic carbocycles. The van der Waals surface area contributed by atoms with E-state index in [1.54, 1.807) is 24.3 Å². The van der Waals surface area contributed by atoms with Crippen LogP contribution in [-0.4, -0.2) is 41.5 Å². The predicted molar refractivity (Wildman–Crippen MR) is 82.9 cm³/mol. The molecular formula is C13H18INO3S. The van der Waals surface area contributed by atoms with Crippen molar-refractivity contribution in [3.05, 3.63) is 29.8 Å². The van der Waals surface area contributed by atoms with Gasteiger partial charge in [-0.05, 0) is 19.1 Å². The maximum absolute atomic E-state index is 12.5. The largest absolute Gasteiger partial charge is 0.391 e. The van der Waals surface area contributed by atoms with Crippen molar-refractivity contribution in [1.82, 2.24) is 4.31 Å². The minimum atomic E-state index is -3.50. The first-order chi connectivity index (χ1) is 8.79. The van der Waals surface area contributed by atoms with Crippen LogP contribution in [-0.2, 0) is 10.0 Å². The highest BCUT2D eigenvalue weighted by atomic mass is 127. The second kappa shape index (κ2) is 5.31. The molecule has 0 aliphatic carbocycles. The molecule has 0 bridgehead atoms. The number of halogens is 1. The number of hydrogen-bond acceptors (Lipinski definition) is 3. The number of aliphatic hydroxyl groups is 1. The van der Waals surface area contributed by atoms with E-state index in [-0.39, 0.29) is 12.0 Å². The molecule has 0 unspecified atom stereocenters. The lowest BCUT2D eigenvalue weighted by Crippen LogP contribution is -2.33. The summed E-state index contributed by atoms with van der Waals surface area (Å²) in [5, 5.41) is 10.1. The first-order valence-corrected chi connectivity index (χ1v) is 9.07. The van der Waals surface area contributed by atoms with Crippen LogP contribution in [0.15, 0.2) is 29.2 Å². The molecule has 2 rings (SSSR count). The van der Waals surface area contributed by atoms with Crippen LogP contribution in [0.25, 0.3) is 0 Å². The summed E-state index contributed by atoms with van der Waals surface area (Å²) in [5.41, 5.74) is 0.663. The normalized spacial score (nSPS) is 28.7. The van der Waals surface area contributed by atoms with Gasteiger partial charge in [-0.3, -0.25) is 0 Å². The van der Waals surface area contributed by atoms with E-state index in [0.717, 1.165) is 9.99 Å². The number of benzene rings is 1. The molecule has 19 heavy (non-hydrogen) atoms. The maximum Gasteiger partial charge on any atom is 0.243 e. The molecule has 1 aliphatic heterocycles. The van der Waals surface area contributed by atoms with Gasteiger partial charge in [-0.15, -0.1) is 0 Å². The monoisotopic (exact) mass is 395 g/mol. The fourth-order valence-corrected chi connectivity index (χ4v) is 4.49. The van der Waals surface area contributed by atoms with Gasteiger partial charge in [-0.1, -0.05) is 47.2 Å². The van der Waals surface area contributed by atoms with Gasteiger partial charge in [0, 0.05) is 22.9 Å². The molecule has 0 spiro atoms. The molecular weight excluding hydrogens is 377 g/mol. The van der Waals surface area contributed by atoms with Gasteiger partial charge in [0.05, 0.1) is 11.0 Å². The van der Waals surface area contributed by atoms with E-state index in [0.29, 0.717) is 11.4 Å². The Bertz CT molecular complexity index is 558. The molecule has 1 aromatic rings. The number of hydrogen-bond donors (Lipinski definition) is 1. The first kappa shape index (κ1) is 15.2. The number of nitrogens with zero attached hydrogens (tertiary/aromatic N) is 1. The molecule has 0 radical (unpaired) electrons. The number of aryl methyl sites for hydroxylation is 1. The van der Waals surface area contributed by atoms with E-state index < -0.39 is 16.1 Å². The van der Waals surface area contributed by atoms with Gasteiger partial charge in [0.1, 0.15) is 0 Å². The van der Waals surface area contributed by atoms with Crippen molar-refractivity contribution < 1.29 is 13.5 Å². The van der Waals surface area contributed by atoms with E-state index in [2.05, 4.69) is 22.6 Å². The third-order valence-electron chi connectivity index (χ3n) is 3.68. The van der Waals surface area contributed by atoms with Gasteiger partial charge in [0.25, 0.3) is 0 Å². The Balaban J connectivity index is 2.30. The molecule has 0 aromatic heterocycles. The number of rotatable bonds is 3. The van der Waals surface area contributed by atoms with E-state index >= 15 is 0 Å². The lowest BCUT2D eigenvalue weighted by atomic mass is 9.90. The summed E-state index contributed by atoms with van der Waals surface area (Å²) in [6.45, 7) is 4.39. The molecule has 2 atom stereocenters. The smallest absolute Gasteiger partial charge is 0.243 e. The van der Waals surface area contributed by atoms with Crippen molar-refractivity contribution in [3.63, 3.8) is 0 Å². The number of aliphatic hydroxyl groups excluding tert-OH is 1. The van der Waals surface area contributed by atoms with Gasteiger partial charge >= 0.3 is 0 Å². The van der Waals surface area contributed by atoms with Crippen molar-refractivity contribution in [3.8, 4) is 0 Å². The van der Waals surface area contributed by atoms with Crippen molar-refractivity contribution in [2.45, 2.75) is 24.8 Å². The van der Waals surface area contributed by atoms with Crippen molar-refractivity contribution in [1.29, 1.82) is 0 Å². The average Bonchev–Trinajstić information content (AvgIpc) is 2.68. The average molecular weight is 395 g/mol. The molecule has 4 nitrogen and oxygen atoms in total. The molecule has 1 fully saturated rings. The summed E-state index contributed by atoms with van der Waals surface area (Å²) < 4.78 is 27.1. The lowest BCUT2D eigenvalue weighted by molar-refractivity contribution is 0.101. The van der Waals surface area contributed by atoms with Gasteiger partial charge in [0.15, 0.2) is 0 Å². The zero-order valence-corrected chi connectivity index (χ0v) is 14.0. The SMILES string of the molecule is Cc1ccc(S(=O)(=O)N2C[C@@H](O)[C@](C)(CI)C2)cc1. The summed E-state index contributed by atoms with van der Waals surface area (Å²) in [5.74, 6) is 0. The van der Waals surface area contributed by atoms with Gasteiger partial charge in [0.2, 0.25) is 10.0 Å². The van der Waals surface area contributed by atoms with Crippen LogP contribution >= 0.6 is 22.6 Å². The van der Waals surface area contributed by atoms with Crippen LogP contribution in [0.4, 0.5) is 0 Å². The lowest BCUT2D eigenvalue weighted by Gasteiger charge is -2.24. The van der Waals surface area contributed by atoms with Crippen LogP contribution < -0.4 is 0 Å². The zero-order chi connectivity index (χ0) is 14.3. The maximum atomic E-state index is 12.5. The first-order valence-electron chi connectivity index (χ1n) is 6.10. The van der Waals surface area contributed by atoms with Crippen molar-refractivity contribution in [2.24, 2.45) is 5.41 Å². The van der Waals surface area contributed by atoms with Gasteiger partial charge in [-0.25, -0.2) is 8.42 Å². The molecule has 1 aliphatic rings. The summed E-state index contributed by atoms with van der Waals surface area (Å²) in [6, 6.07) is 6.82. The Morgan fingerprint density at radius 3 is 2.47 bits per heavy atom. The fourth-order valence-electron chi connectivity index (χ4n) is 2.16. The third kappa shape index (κ3) is 2.81. The number of β-amino-alcohol motifs (C(OH)–C–C–N with tert-alkyl or cyclic N) is 1. The number of sulfonamides is 1. The Morgan fingerprint density at radius 1 is 1.42 bits per heavy atom. The molecule has 0 saturated carbocycles. The molecule has 1 heterocycles. The van der Waals surface area contributed by atoms with Crippen LogP contribution in [0, 0.1) is 12.3 Å². The minimum absolute atomic E-state index is 0.176. The van der Waals surface area contributed by atoms with Gasteiger partial charge < -0.3 is 5.11 Å². The summed E-state index contributed by atoms with van der Waals surface area (Å²) in [7, 11) is -3.50. The standard InChI is InChI=1S/C13H18INO3S/c1-10-3-5-11(6-4-10)19(17,18)15-7-12(16)13(2,8-14)9-15/h3-6,12,16H,7-9H2,1-2H3/t12-,13-/m1/s1. The molecule has 6 heteroatoms. The number of alkyl halides is 1. The highest BCUT2D eigenvalue weighted by Crippen LogP contribution is 2.35. The fraction of sp³-hybridized carbons (Fsp3) is 0.538. The van der Waals surface area contributed by atoms with Crippen LogP contribution in [0.5, 0.6) is 0 Å². The second-order valence-electron chi connectivity index (χ2n) is 5.41. The molecule has 0 amide bonds. The summed E-state index contributed by atoms with van der Waals surface area (Å²) in [6.07, 6.45) is -0.607. The molecule has 1 saturated heterocycles. The minimum Gasteiger partial charge on any atom is -0.391 e. The Kier molecular flexibility index (Phi) is 4.25. The quantitative estimate of drug-likeness (QED) is 0.628. The van der Waals surface area contributed by atoms with Crippen LogP contribution in [0.2, 0.25) is 0 Å². The highest BCUT2D eigenvalue weighted by molar-refractivity contribution is 14.1. The second-order valence-corrected chi connectivity index (χ2v) is 8.11. The van der Waals surface area contributed by atoms with E-state index in [1.165, 1.54) is 4.31 Å². The summed E-state index contributed by atoms with van der Waals surface area (Å²) in [4.78, 5) is 0.294. The highest BCUT2D eigenvalue weighted by Gasteiger charge is 2.45. The van der Waals surface area contributed by atoms with Crippen molar-refractivity contribution in [2.75, 3.05) is 17.5 Å². The van der Waals surface area contributed by atoms with E-state index in [9.17, 15) is 13.5 Å². The molecule has 1 N–H and O–H groups in total. The predicted octanol–water partition coefficient (Wildman–Crippen LogP) is 1.80. The summed E-state index contributed by atoms with van der Waals surface area (Å²) >= 11 is 2.20. The van der Waals surface area contributed by atoms with Crippen molar-refractivity contribution >= 4 is 32.6 Å². The third-order valence-corrected chi connectivity index (χ3v) is 7.25. The van der Waals surface area contributed by atoms with Crippen LogP contribution in [0.1, 0.15) is 12.5 Å². The molecule has 106 valence electrons.